The highest BCUT2D eigenvalue weighted by Gasteiger charge is 2.32. The molecule has 13 heteroatoms. The minimum atomic E-state index is -4.41. The average molecular weight is 530 g/mol. The Balaban J connectivity index is 1.29. The Hall–Kier alpha value is -3.15. The van der Waals surface area contributed by atoms with Crippen LogP contribution in [0.25, 0.3) is 11.2 Å². The van der Waals surface area contributed by atoms with Crippen LogP contribution in [0.1, 0.15) is 38.3 Å². The quantitative estimate of drug-likeness (QED) is 0.156. The zero-order valence-corrected chi connectivity index (χ0v) is 21.6. The highest BCUT2D eigenvalue weighted by atomic mass is 31.2. The fourth-order valence-corrected chi connectivity index (χ4v) is 4.96. The molecule has 5 N–H and O–H groups in total. The summed E-state index contributed by atoms with van der Waals surface area (Å²) in [6, 6.07) is 8.57. The Morgan fingerprint density at radius 1 is 1.27 bits per heavy atom. The SMILES string of the molecule is CC[C@H](C)[C@H](NOCc1ccccc1)C(=O)NP(=O)(O)OCC1C=CC(n2cnc3c(N)ncnc32)C1. The van der Waals surface area contributed by atoms with Crippen LogP contribution in [0, 0.1) is 11.8 Å². The van der Waals surface area contributed by atoms with Crippen LogP contribution >= 0.6 is 7.75 Å². The van der Waals surface area contributed by atoms with Gasteiger partial charge in [0.15, 0.2) is 11.5 Å². The number of nitrogens with two attached hydrogens (primary N) is 1. The molecule has 198 valence electrons. The molecule has 0 saturated heterocycles. The van der Waals surface area contributed by atoms with Crippen molar-refractivity contribution in [2.75, 3.05) is 12.3 Å². The van der Waals surface area contributed by atoms with Crippen LogP contribution in [-0.4, -0.2) is 43.0 Å². The number of imidazole rings is 1. The molecule has 0 bridgehead atoms. The van der Waals surface area contributed by atoms with Crippen LogP contribution in [0.15, 0.2) is 55.1 Å². The van der Waals surface area contributed by atoms with E-state index in [9.17, 15) is 14.3 Å². The van der Waals surface area contributed by atoms with Gasteiger partial charge in [-0.15, -0.1) is 0 Å². The summed E-state index contributed by atoms with van der Waals surface area (Å²) in [5, 5.41) is 2.15. The number of rotatable bonds is 12. The maximum Gasteiger partial charge on any atom is 0.432 e. The predicted octanol–water partition coefficient (Wildman–Crippen LogP) is 2.89. The van der Waals surface area contributed by atoms with Crippen LogP contribution in [0.2, 0.25) is 0 Å². The Morgan fingerprint density at radius 2 is 2.05 bits per heavy atom. The smallest absolute Gasteiger partial charge is 0.382 e. The van der Waals surface area contributed by atoms with E-state index in [2.05, 4.69) is 25.5 Å². The van der Waals surface area contributed by atoms with Gasteiger partial charge in [0.1, 0.15) is 17.9 Å². The number of hydrogen-bond acceptors (Lipinski definition) is 9. The molecule has 1 aliphatic carbocycles. The maximum absolute atomic E-state index is 12.8. The number of amides is 1. The van der Waals surface area contributed by atoms with Crippen molar-refractivity contribution in [3.8, 4) is 0 Å². The topological polar surface area (TPSA) is 167 Å². The Morgan fingerprint density at radius 3 is 2.81 bits per heavy atom. The van der Waals surface area contributed by atoms with Crippen LogP contribution < -0.4 is 16.3 Å². The summed E-state index contributed by atoms with van der Waals surface area (Å²) in [6.45, 7) is 3.98. The largest absolute Gasteiger partial charge is 0.432 e. The number of nitrogen functional groups attached to an aromatic ring is 1. The molecule has 0 aliphatic heterocycles. The molecular weight excluding hydrogens is 497 g/mol. The first kappa shape index (κ1) is 26.9. The van der Waals surface area contributed by atoms with Gasteiger partial charge in [-0.3, -0.25) is 19.2 Å². The van der Waals surface area contributed by atoms with Gasteiger partial charge in [-0.1, -0.05) is 62.8 Å². The van der Waals surface area contributed by atoms with Crippen molar-refractivity contribution < 1.29 is 23.6 Å². The Kier molecular flexibility index (Phi) is 8.67. The third-order valence-corrected chi connectivity index (χ3v) is 7.40. The van der Waals surface area contributed by atoms with Crippen LogP contribution in [0.3, 0.4) is 0 Å². The number of carbonyl (C=O) groups is 1. The summed E-state index contributed by atoms with van der Waals surface area (Å²) in [4.78, 5) is 41.2. The molecule has 2 aromatic heterocycles. The van der Waals surface area contributed by atoms with Crippen molar-refractivity contribution >= 4 is 30.6 Å². The first-order chi connectivity index (χ1) is 17.8. The molecule has 5 atom stereocenters. The molecular formula is C24H32N7O5P. The molecule has 12 nitrogen and oxygen atoms in total. The second-order valence-corrected chi connectivity index (χ2v) is 10.6. The van der Waals surface area contributed by atoms with Gasteiger partial charge in [-0.25, -0.2) is 19.5 Å². The summed E-state index contributed by atoms with van der Waals surface area (Å²) in [5.74, 6) is -0.665. The molecule has 0 fully saturated rings. The number of carbonyl (C=O) groups excluding carboxylic acids is 1. The maximum atomic E-state index is 12.8. The summed E-state index contributed by atoms with van der Waals surface area (Å²) in [7, 11) is -4.41. The zero-order chi connectivity index (χ0) is 26.4. The van der Waals surface area contributed by atoms with Crippen LogP contribution in [0.5, 0.6) is 0 Å². The molecule has 3 unspecified atom stereocenters. The zero-order valence-electron chi connectivity index (χ0n) is 20.7. The monoisotopic (exact) mass is 529 g/mol. The van der Waals surface area contributed by atoms with E-state index in [1.54, 1.807) is 6.33 Å². The first-order valence-electron chi connectivity index (χ1n) is 12.1. The third-order valence-electron chi connectivity index (χ3n) is 6.40. The number of hydrogen-bond donors (Lipinski definition) is 4. The first-order valence-corrected chi connectivity index (χ1v) is 13.7. The molecule has 1 aromatic carbocycles. The lowest BCUT2D eigenvalue weighted by atomic mass is 10.00. The van der Waals surface area contributed by atoms with Crippen LogP contribution in [-0.2, 0) is 25.3 Å². The highest BCUT2D eigenvalue weighted by molar-refractivity contribution is 7.51. The van der Waals surface area contributed by atoms with E-state index in [0.29, 0.717) is 29.8 Å². The lowest BCUT2D eigenvalue weighted by Crippen LogP contribution is -2.47. The minimum Gasteiger partial charge on any atom is -0.382 e. The number of aromatic nitrogens is 4. The molecule has 0 radical (unpaired) electrons. The lowest BCUT2D eigenvalue weighted by Gasteiger charge is -2.24. The normalized spacial score (nSPS) is 20.5. The minimum absolute atomic E-state index is 0.0449. The molecule has 4 rings (SSSR count). The van der Waals surface area contributed by atoms with Crippen molar-refractivity contribution in [3.05, 3.63) is 60.7 Å². The Bertz CT molecular complexity index is 1280. The van der Waals surface area contributed by atoms with Gasteiger partial charge in [0.05, 0.1) is 25.6 Å². The van der Waals surface area contributed by atoms with Gasteiger partial charge in [0.25, 0.3) is 0 Å². The van der Waals surface area contributed by atoms with E-state index >= 15 is 0 Å². The number of nitrogens with one attached hydrogen (secondary N) is 2. The molecule has 2 heterocycles. The predicted molar refractivity (Wildman–Crippen MR) is 138 cm³/mol. The van der Waals surface area contributed by atoms with Crippen LogP contribution in [0.4, 0.5) is 5.82 Å². The summed E-state index contributed by atoms with van der Waals surface area (Å²) >= 11 is 0. The van der Waals surface area contributed by atoms with Gasteiger partial charge in [-0.2, -0.15) is 5.48 Å². The van der Waals surface area contributed by atoms with Crippen molar-refractivity contribution in [1.82, 2.24) is 30.1 Å². The standard InChI is InChI=1S/C24H32N7O5P/c1-3-16(2)20(29-35-12-17-7-5-4-6-8-17)24(32)30-37(33,34)36-13-18-9-10-19(11-18)31-15-28-21-22(25)26-14-27-23(21)31/h4-10,14-16,18-20,29H,3,11-13H2,1-2H3,(H2,25,26,27)(H2,30,32,33,34)/t16-,18?,19?,20-/m0/s1. The molecule has 1 aliphatic rings. The second-order valence-electron chi connectivity index (χ2n) is 9.08. The van der Waals surface area contributed by atoms with Crippen molar-refractivity contribution in [2.45, 2.75) is 45.4 Å². The van der Waals surface area contributed by atoms with E-state index in [4.69, 9.17) is 15.1 Å². The van der Waals surface area contributed by atoms with Gasteiger partial charge >= 0.3 is 7.75 Å². The fraction of sp³-hybridized carbons (Fsp3) is 0.417. The summed E-state index contributed by atoms with van der Waals surface area (Å²) < 4.78 is 19.8. The third kappa shape index (κ3) is 6.79. The van der Waals surface area contributed by atoms with Gasteiger partial charge in [0, 0.05) is 5.92 Å². The number of nitrogens with zero attached hydrogens (tertiary/aromatic N) is 4. The van der Waals surface area contributed by atoms with E-state index < -0.39 is 19.7 Å². The molecule has 1 amide bonds. The van der Waals surface area contributed by atoms with E-state index in [-0.39, 0.29) is 31.1 Å². The number of fused-ring (bicyclic) bond motifs is 1. The molecule has 37 heavy (non-hydrogen) atoms. The van der Waals surface area contributed by atoms with Gasteiger partial charge in [0.2, 0.25) is 5.91 Å². The highest BCUT2D eigenvalue weighted by Crippen LogP contribution is 2.40. The fourth-order valence-electron chi connectivity index (χ4n) is 4.09. The van der Waals surface area contributed by atoms with Crippen molar-refractivity contribution in [2.24, 2.45) is 11.8 Å². The van der Waals surface area contributed by atoms with Crippen molar-refractivity contribution in [1.29, 1.82) is 0 Å². The number of anilines is 1. The van der Waals surface area contributed by atoms with E-state index in [0.717, 1.165) is 5.56 Å². The van der Waals surface area contributed by atoms with E-state index in [1.807, 2.05) is 60.9 Å². The molecule has 0 spiro atoms. The average Bonchev–Trinajstić information content (AvgIpc) is 3.53. The number of benzene rings is 1. The lowest BCUT2D eigenvalue weighted by molar-refractivity contribution is -0.128. The van der Waals surface area contributed by atoms with E-state index in [1.165, 1.54) is 6.33 Å². The molecule has 3 aromatic rings. The Labute approximate surface area is 214 Å². The summed E-state index contributed by atoms with van der Waals surface area (Å²) in [6.07, 6.45) is 8.16. The van der Waals surface area contributed by atoms with Gasteiger partial charge in [-0.05, 0) is 17.9 Å². The number of allylic oxidation sites excluding steroid dienone is 1. The molecule has 0 saturated carbocycles. The van der Waals surface area contributed by atoms with Crippen molar-refractivity contribution in [3.63, 3.8) is 0 Å². The second kappa shape index (κ2) is 11.9. The number of hydroxylamine groups is 1. The van der Waals surface area contributed by atoms with Gasteiger partial charge < -0.3 is 15.2 Å². The summed E-state index contributed by atoms with van der Waals surface area (Å²) in [5.41, 5.74) is 10.7.